The van der Waals surface area contributed by atoms with Gasteiger partial charge in [0.05, 0.1) is 5.56 Å². The summed E-state index contributed by atoms with van der Waals surface area (Å²) in [6.07, 6.45) is -2.50. The number of aromatic nitrogens is 1. The summed E-state index contributed by atoms with van der Waals surface area (Å²) in [5.74, 6) is -0.919. The van der Waals surface area contributed by atoms with Crippen LogP contribution >= 0.6 is 0 Å². The van der Waals surface area contributed by atoms with Crippen LogP contribution in [0.5, 0.6) is 0 Å². The monoisotopic (exact) mass is 502 g/mol. The van der Waals surface area contributed by atoms with Crippen LogP contribution in [-0.2, 0) is 26.9 Å². The van der Waals surface area contributed by atoms with Crippen LogP contribution in [0.4, 0.5) is 24.5 Å². The third kappa shape index (κ3) is 6.17. The van der Waals surface area contributed by atoms with E-state index >= 15 is 0 Å². The Morgan fingerprint density at radius 2 is 1.86 bits per heavy atom. The molecule has 1 amide bonds. The molecular formula is C26H29F3N4O3. The molecule has 4 rings (SSSR count). The Morgan fingerprint density at radius 1 is 1.11 bits per heavy atom. The number of carbonyl (C=O) groups is 2. The maximum absolute atomic E-state index is 13.0. The fraction of sp³-hybridized carbons (Fsp3) is 0.385. The van der Waals surface area contributed by atoms with Crippen LogP contribution in [0, 0.1) is 0 Å². The van der Waals surface area contributed by atoms with Gasteiger partial charge in [-0.05, 0) is 55.3 Å². The molecule has 0 bridgehead atoms. The molecule has 0 radical (unpaired) electrons. The molecule has 1 aromatic heterocycles. The van der Waals surface area contributed by atoms with E-state index in [0.29, 0.717) is 24.5 Å². The summed E-state index contributed by atoms with van der Waals surface area (Å²) >= 11 is 0. The number of aromatic amines is 1. The number of esters is 1. The number of alkyl halides is 3. The zero-order valence-corrected chi connectivity index (χ0v) is 20.2. The van der Waals surface area contributed by atoms with E-state index in [-0.39, 0.29) is 0 Å². The van der Waals surface area contributed by atoms with Gasteiger partial charge >= 0.3 is 12.1 Å². The van der Waals surface area contributed by atoms with Crippen molar-refractivity contribution >= 4 is 34.2 Å². The minimum absolute atomic E-state index is 0.403. The quantitative estimate of drug-likeness (QED) is 0.467. The molecule has 2 heterocycles. The number of nitrogens with zero attached hydrogens (tertiary/aromatic N) is 2. The molecule has 0 spiro atoms. The van der Waals surface area contributed by atoms with Gasteiger partial charge in [0.2, 0.25) is 0 Å². The molecule has 0 aliphatic carbocycles. The molecular weight excluding hydrogens is 473 g/mol. The zero-order valence-electron chi connectivity index (χ0n) is 20.2. The Balaban J connectivity index is 1.34. The minimum Gasteiger partial charge on any atom is -0.453 e. The van der Waals surface area contributed by atoms with Gasteiger partial charge in [0.15, 0.2) is 6.10 Å². The topological polar surface area (TPSA) is 77.7 Å². The first-order valence-corrected chi connectivity index (χ1v) is 11.8. The lowest BCUT2D eigenvalue weighted by Crippen LogP contribution is -2.47. The van der Waals surface area contributed by atoms with E-state index in [0.717, 1.165) is 48.6 Å². The molecule has 1 aliphatic rings. The van der Waals surface area contributed by atoms with E-state index in [4.69, 9.17) is 4.74 Å². The number of anilines is 2. The number of H-pyrrole nitrogens is 1. The highest BCUT2D eigenvalue weighted by Gasteiger charge is 2.31. The van der Waals surface area contributed by atoms with Crippen molar-refractivity contribution in [2.75, 3.05) is 42.9 Å². The molecule has 36 heavy (non-hydrogen) atoms. The highest BCUT2D eigenvalue weighted by molar-refractivity contribution is 5.97. The number of hydrogen-bond donors (Lipinski definition) is 2. The Labute approximate surface area is 207 Å². The number of hydrogen-bond acceptors (Lipinski definition) is 5. The number of rotatable bonds is 7. The van der Waals surface area contributed by atoms with Gasteiger partial charge < -0.3 is 19.9 Å². The van der Waals surface area contributed by atoms with E-state index in [1.165, 1.54) is 26.0 Å². The largest absolute Gasteiger partial charge is 0.453 e. The summed E-state index contributed by atoms with van der Waals surface area (Å²) in [6, 6.07) is 11.1. The van der Waals surface area contributed by atoms with Gasteiger partial charge in [-0.1, -0.05) is 6.07 Å². The van der Waals surface area contributed by atoms with Crippen molar-refractivity contribution in [2.45, 2.75) is 32.5 Å². The van der Waals surface area contributed by atoms with Gasteiger partial charge in [-0.2, -0.15) is 13.2 Å². The van der Waals surface area contributed by atoms with Crippen LogP contribution in [0.15, 0.2) is 48.7 Å². The summed E-state index contributed by atoms with van der Waals surface area (Å²) < 4.78 is 44.1. The van der Waals surface area contributed by atoms with Gasteiger partial charge in [-0.15, -0.1) is 0 Å². The van der Waals surface area contributed by atoms with Crippen LogP contribution in [0.2, 0.25) is 0 Å². The molecule has 1 aliphatic heterocycles. The number of ether oxygens (including phenoxy) is 1. The van der Waals surface area contributed by atoms with Crippen LogP contribution < -0.4 is 10.2 Å². The van der Waals surface area contributed by atoms with Crippen molar-refractivity contribution in [1.29, 1.82) is 0 Å². The normalized spacial score (nSPS) is 15.6. The number of fused-ring (bicyclic) bond motifs is 1. The number of benzene rings is 2. The fourth-order valence-electron chi connectivity index (χ4n) is 4.40. The fourth-order valence-corrected chi connectivity index (χ4v) is 4.40. The molecule has 1 atom stereocenters. The van der Waals surface area contributed by atoms with Crippen molar-refractivity contribution in [3.63, 3.8) is 0 Å². The maximum atomic E-state index is 13.0. The molecule has 10 heteroatoms. The summed E-state index contributed by atoms with van der Waals surface area (Å²) in [7, 11) is 0. The smallest absolute Gasteiger partial charge is 0.416 e. The molecule has 192 valence electrons. The van der Waals surface area contributed by atoms with Crippen LogP contribution in [0.3, 0.4) is 0 Å². The highest BCUT2D eigenvalue weighted by atomic mass is 19.4. The van der Waals surface area contributed by atoms with Crippen LogP contribution in [0.25, 0.3) is 10.9 Å². The zero-order chi connectivity index (χ0) is 25.9. The first-order chi connectivity index (χ1) is 17.1. The number of piperazine rings is 1. The molecule has 0 unspecified atom stereocenters. The van der Waals surface area contributed by atoms with Crippen molar-refractivity contribution in [2.24, 2.45) is 0 Å². The van der Waals surface area contributed by atoms with Crippen LogP contribution in [-0.4, -0.2) is 60.6 Å². The first kappa shape index (κ1) is 25.6. The molecule has 2 N–H and O–H groups in total. The van der Waals surface area contributed by atoms with Gasteiger partial charge in [0.25, 0.3) is 5.91 Å². The Hall–Kier alpha value is -3.53. The number of nitrogens with one attached hydrogen (secondary N) is 2. The number of amides is 1. The van der Waals surface area contributed by atoms with Gasteiger partial charge in [-0.3, -0.25) is 14.5 Å². The Morgan fingerprint density at radius 3 is 2.56 bits per heavy atom. The lowest BCUT2D eigenvalue weighted by molar-refractivity contribution is -0.150. The molecule has 3 aromatic rings. The third-order valence-electron chi connectivity index (χ3n) is 6.36. The second-order valence-corrected chi connectivity index (χ2v) is 8.94. The molecule has 2 aromatic carbocycles. The maximum Gasteiger partial charge on any atom is 0.416 e. The Kier molecular flexibility index (Phi) is 7.53. The van der Waals surface area contributed by atoms with Gasteiger partial charge in [-0.25, -0.2) is 0 Å². The molecule has 1 saturated heterocycles. The predicted molar refractivity (Wildman–Crippen MR) is 132 cm³/mol. The average molecular weight is 503 g/mol. The summed E-state index contributed by atoms with van der Waals surface area (Å²) in [4.78, 5) is 30.9. The molecule has 1 fully saturated rings. The third-order valence-corrected chi connectivity index (χ3v) is 6.36. The van der Waals surface area contributed by atoms with E-state index in [2.05, 4.69) is 15.2 Å². The number of halogens is 3. The van der Waals surface area contributed by atoms with E-state index in [1.807, 2.05) is 23.2 Å². The van der Waals surface area contributed by atoms with Crippen LogP contribution in [0.1, 0.15) is 25.0 Å². The van der Waals surface area contributed by atoms with Gasteiger partial charge in [0.1, 0.15) is 0 Å². The van der Waals surface area contributed by atoms with Crippen molar-refractivity contribution in [1.82, 2.24) is 9.88 Å². The van der Waals surface area contributed by atoms with Crippen molar-refractivity contribution in [3.05, 3.63) is 59.8 Å². The van der Waals surface area contributed by atoms with Crippen molar-refractivity contribution in [3.8, 4) is 0 Å². The Bertz CT molecular complexity index is 1230. The van der Waals surface area contributed by atoms with E-state index in [9.17, 15) is 22.8 Å². The molecule has 7 nitrogen and oxygen atoms in total. The second-order valence-electron chi connectivity index (χ2n) is 8.94. The van der Waals surface area contributed by atoms with E-state index < -0.39 is 29.7 Å². The van der Waals surface area contributed by atoms with E-state index in [1.54, 1.807) is 12.1 Å². The lowest BCUT2D eigenvalue weighted by atomic mass is 10.1. The summed E-state index contributed by atoms with van der Waals surface area (Å²) in [5.41, 5.74) is 2.64. The summed E-state index contributed by atoms with van der Waals surface area (Å²) in [5, 5.41) is 3.77. The second kappa shape index (κ2) is 10.6. The summed E-state index contributed by atoms with van der Waals surface area (Å²) in [6.45, 7) is 6.42. The molecule has 0 saturated carbocycles. The standard InChI is InChI=1S/C26H29F3N4O3/c1-17(36-18(2)34)25(35)31-21-6-7-24-23(15-21)19(16-30-24)8-9-32-10-12-33(13-11-32)22-5-3-4-20(14-22)26(27,28)29/h3-7,14-17,30H,8-13H2,1-2H3,(H,31,35)/t17-/m0/s1. The SMILES string of the molecule is CC(=O)O[C@@H](C)C(=O)Nc1ccc2[nH]cc(CCN3CCN(c4cccc(C(F)(F)F)c4)CC3)c2c1. The van der Waals surface area contributed by atoms with Gasteiger partial charge in [0, 0.05) is 68.1 Å². The highest BCUT2D eigenvalue weighted by Crippen LogP contribution is 2.32. The lowest BCUT2D eigenvalue weighted by Gasteiger charge is -2.36. The number of carbonyl (C=O) groups excluding carboxylic acids is 2. The predicted octanol–water partition coefficient (Wildman–Crippen LogP) is 4.44. The average Bonchev–Trinajstić information content (AvgIpc) is 3.24. The first-order valence-electron chi connectivity index (χ1n) is 11.8. The van der Waals surface area contributed by atoms with Crippen molar-refractivity contribution < 1.29 is 27.5 Å². The minimum atomic E-state index is -4.35.